The third kappa shape index (κ3) is 3.24. The Kier molecular flexibility index (Phi) is 4.63. The Morgan fingerprint density at radius 1 is 0.943 bits per heavy atom. The van der Waals surface area contributed by atoms with Crippen LogP contribution in [0.5, 0.6) is 0 Å². The van der Waals surface area contributed by atoms with Gasteiger partial charge >= 0.3 is 0 Å². The number of carbonyl (C=O) groups excluding carboxylic acids is 1. The zero-order valence-corrected chi connectivity index (χ0v) is 20.4. The molecule has 0 bridgehead atoms. The number of hydrogen-bond donors (Lipinski definition) is 1. The number of pyridine rings is 2. The van der Waals surface area contributed by atoms with Gasteiger partial charge in [0.15, 0.2) is 0 Å². The lowest BCUT2D eigenvalue weighted by Crippen LogP contribution is -2.30. The number of rotatable bonds is 3. The standard InChI is InChI=1S/C27H21BrN6O/c28-16-7-8-21-19(13-16)20(14-34(21)15-22(35)33-11-1-2-12-33)27-31-25-17-5-3-9-29-23(17)24-18(26(25)32-27)6-4-10-30-24/h3-10,13-14H,1-2,11-12,15H2,(H,31,32). The monoisotopic (exact) mass is 524 g/mol. The van der Waals surface area contributed by atoms with Crippen molar-refractivity contribution >= 4 is 65.6 Å². The van der Waals surface area contributed by atoms with Crippen molar-refractivity contribution in [3.8, 4) is 11.4 Å². The van der Waals surface area contributed by atoms with E-state index in [0.717, 1.165) is 85.5 Å². The molecule has 172 valence electrons. The number of halogens is 1. The molecule has 1 N–H and O–H groups in total. The molecule has 1 amide bonds. The Hall–Kier alpha value is -3.78. The third-order valence-electron chi connectivity index (χ3n) is 6.93. The molecule has 0 saturated carbocycles. The molecular weight excluding hydrogens is 504 g/mol. The van der Waals surface area contributed by atoms with Crippen molar-refractivity contribution in [2.45, 2.75) is 19.4 Å². The summed E-state index contributed by atoms with van der Waals surface area (Å²) in [5.41, 5.74) is 5.47. The van der Waals surface area contributed by atoms with Crippen LogP contribution in [0.3, 0.4) is 0 Å². The summed E-state index contributed by atoms with van der Waals surface area (Å²) in [6, 6.07) is 14.1. The molecule has 4 aromatic heterocycles. The minimum atomic E-state index is 0.160. The predicted molar refractivity (Wildman–Crippen MR) is 141 cm³/mol. The number of benzene rings is 2. The van der Waals surface area contributed by atoms with Gasteiger partial charge in [0, 0.05) is 63.4 Å². The number of aromatic amines is 1. The van der Waals surface area contributed by atoms with Crippen LogP contribution in [-0.2, 0) is 11.3 Å². The molecular formula is C27H21BrN6O. The van der Waals surface area contributed by atoms with Crippen molar-refractivity contribution in [3.05, 3.63) is 65.5 Å². The predicted octanol–water partition coefficient (Wildman–Crippen LogP) is 5.67. The normalized spacial score (nSPS) is 14.1. The first-order valence-electron chi connectivity index (χ1n) is 11.7. The molecule has 1 aliphatic heterocycles. The molecule has 0 unspecified atom stereocenters. The average Bonchev–Trinajstić information content (AvgIpc) is 3.63. The topological polar surface area (TPSA) is 79.7 Å². The van der Waals surface area contributed by atoms with Crippen molar-refractivity contribution < 1.29 is 4.79 Å². The van der Waals surface area contributed by atoms with Crippen molar-refractivity contribution in [1.29, 1.82) is 0 Å². The number of imidazole rings is 1. The second kappa shape index (κ2) is 7.88. The van der Waals surface area contributed by atoms with E-state index in [9.17, 15) is 4.79 Å². The van der Waals surface area contributed by atoms with Crippen LogP contribution in [0.2, 0.25) is 0 Å². The van der Waals surface area contributed by atoms with Gasteiger partial charge in [-0.1, -0.05) is 15.9 Å². The van der Waals surface area contributed by atoms with E-state index in [2.05, 4.69) is 49.1 Å². The molecule has 5 heterocycles. The van der Waals surface area contributed by atoms with Crippen LogP contribution in [-0.4, -0.2) is 48.4 Å². The molecule has 1 fully saturated rings. The van der Waals surface area contributed by atoms with Gasteiger partial charge in [-0.05, 0) is 55.3 Å². The molecule has 0 atom stereocenters. The number of H-pyrrole nitrogens is 1. The van der Waals surface area contributed by atoms with Crippen LogP contribution < -0.4 is 0 Å². The summed E-state index contributed by atoms with van der Waals surface area (Å²) in [6.07, 6.45) is 7.80. The maximum Gasteiger partial charge on any atom is 0.242 e. The zero-order chi connectivity index (χ0) is 23.5. The van der Waals surface area contributed by atoms with E-state index in [4.69, 9.17) is 4.98 Å². The molecule has 1 saturated heterocycles. The highest BCUT2D eigenvalue weighted by Gasteiger charge is 2.22. The molecule has 7 nitrogen and oxygen atoms in total. The fourth-order valence-electron chi connectivity index (χ4n) is 5.27. The molecule has 0 spiro atoms. The van der Waals surface area contributed by atoms with Gasteiger partial charge in [-0.25, -0.2) is 4.98 Å². The summed E-state index contributed by atoms with van der Waals surface area (Å²) >= 11 is 3.62. The maximum atomic E-state index is 13.0. The lowest BCUT2D eigenvalue weighted by Gasteiger charge is -2.16. The third-order valence-corrected chi connectivity index (χ3v) is 7.42. The quantitative estimate of drug-likeness (QED) is 0.302. The van der Waals surface area contributed by atoms with Gasteiger partial charge < -0.3 is 14.5 Å². The minimum absolute atomic E-state index is 0.160. The summed E-state index contributed by atoms with van der Waals surface area (Å²) in [6.45, 7) is 2.02. The van der Waals surface area contributed by atoms with E-state index >= 15 is 0 Å². The first-order valence-corrected chi connectivity index (χ1v) is 12.5. The number of hydrogen-bond acceptors (Lipinski definition) is 4. The van der Waals surface area contributed by atoms with Crippen molar-refractivity contribution in [1.82, 2.24) is 29.4 Å². The van der Waals surface area contributed by atoms with Gasteiger partial charge in [0.05, 0.1) is 22.1 Å². The molecule has 8 heteroatoms. The second-order valence-electron chi connectivity index (χ2n) is 9.03. The van der Waals surface area contributed by atoms with Gasteiger partial charge in [0.2, 0.25) is 5.91 Å². The van der Waals surface area contributed by atoms with E-state index in [-0.39, 0.29) is 5.91 Å². The van der Waals surface area contributed by atoms with E-state index < -0.39 is 0 Å². The lowest BCUT2D eigenvalue weighted by atomic mass is 10.1. The highest BCUT2D eigenvalue weighted by molar-refractivity contribution is 9.10. The first-order chi connectivity index (χ1) is 17.2. The van der Waals surface area contributed by atoms with Gasteiger partial charge in [-0.2, -0.15) is 0 Å². The number of carbonyl (C=O) groups is 1. The zero-order valence-electron chi connectivity index (χ0n) is 18.8. The van der Waals surface area contributed by atoms with Crippen molar-refractivity contribution in [3.63, 3.8) is 0 Å². The Morgan fingerprint density at radius 3 is 2.49 bits per heavy atom. The van der Waals surface area contributed by atoms with Crippen LogP contribution in [0.4, 0.5) is 0 Å². The molecule has 0 aliphatic carbocycles. The smallest absolute Gasteiger partial charge is 0.242 e. The fraction of sp³-hybridized carbons (Fsp3) is 0.185. The molecule has 6 aromatic rings. The molecule has 7 rings (SSSR count). The maximum absolute atomic E-state index is 13.0. The Bertz CT molecular complexity index is 1710. The summed E-state index contributed by atoms with van der Waals surface area (Å²) in [5.74, 6) is 0.921. The van der Waals surface area contributed by atoms with E-state index in [1.54, 1.807) is 12.4 Å². The number of nitrogens with zero attached hydrogens (tertiary/aromatic N) is 5. The number of likely N-dealkylation sites (tertiary alicyclic amines) is 1. The minimum Gasteiger partial charge on any atom is -0.341 e. The van der Waals surface area contributed by atoms with Gasteiger partial charge in [-0.15, -0.1) is 0 Å². The first kappa shape index (κ1) is 20.6. The van der Waals surface area contributed by atoms with Crippen molar-refractivity contribution in [2.75, 3.05) is 13.1 Å². The summed E-state index contributed by atoms with van der Waals surface area (Å²) in [4.78, 5) is 32.8. The molecule has 35 heavy (non-hydrogen) atoms. The van der Waals surface area contributed by atoms with Gasteiger partial charge in [-0.3, -0.25) is 14.8 Å². The average molecular weight is 525 g/mol. The Morgan fingerprint density at radius 2 is 1.69 bits per heavy atom. The number of nitrogens with one attached hydrogen (secondary N) is 1. The lowest BCUT2D eigenvalue weighted by molar-refractivity contribution is -0.130. The molecule has 1 aliphatic rings. The van der Waals surface area contributed by atoms with E-state index in [1.165, 1.54) is 0 Å². The molecule has 2 aromatic carbocycles. The molecule has 0 radical (unpaired) electrons. The number of fused-ring (bicyclic) bond motifs is 7. The van der Waals surface area contributed by atoms with E-state index in [0.29, 0.717) is 6.54 Å². The number of aromatic nitrogens is 5. The highest BCUT2D eigenvalue weighted by Crippen LogP contribution is 2.36. The van der Waals surface area contributed by atoms with Crippen LogP contribution in [0.1, 0.15) is 12.8 Å². The SMILES string of the molecule is O=C(Cn1cc(-c2nc3c4cccnc4c4ncccc4c3[nH]2)c2cc(Br)ccc21)N1CCCC1. The fourth-order valence-corrected chi connectivity index (χ4v) is 5.63. The summed E-state index contributed by atoms with van der Waals surface area (Å²) in [7, 11) is 0. The Balaban J connectivity index is 1.45. The highest BCUT2D eigenvalue weighted by atomic mass is 79.9. The summed E-state index contributed by atoms with van der Waals surface area (Å²) < 4.78 is 3.03. The van der Waals surface area contributed by atoms with Gasteiger partial charge in [0.1, 0.15) is 12.4 Å². The largest absolute Gasteiger partial charge is 0.341 e. The number of amides is 1. The van der Waals surface area contributed by atoms with Crippen LogP contribution in [0, 0.1) is 0 Å². The summed E-state index contributed by atoms with van der Waals surface area (Å²) in [5, 5.41) is 2.99. The second-order valence-corrected chi connectivity index (χ2v) is 9.94. The van der Waals surface area contributed by atoms with Gasteiger partial charge in [0.25, 0.3) is 0 Å². The van der Waals surface area contributed by atoms with Crippen molar-refractivity contribution in [2.24, 2.45) is 0 Å². The van der Waals surface area contributed by atoms with Crippen LogP contribution in [0.15, 0.2) is 65.5 Å². The Labute approximate surface area is 208 Å². The van der Waals surface area contributed by atoms with E-state index in [1.807, 2.05) is 39.9 Å². The van der Waals surface area contributed by atoms with Crippen LogP contribution >= 0.6 is 15.9 Å². The van der Waals surface area contributed by atoms with Crippen LogP contribution in [0.25, 0.3) is 55.1 Å².